The van der Waals surface area contributed by atoms with Gasteiger partial charge >= 0.3 is 0 Å². The third kappa shape index (κ3) is 6.19. The van der Waals surface area contributed by atoms with Crippen molar-refractivity contribution in [2.45, 2.75) is 0 Å². The number of pyridine rings is 2. The van der Waals surface area contributed by atoms with E-state index in [-0.39, 0.29) is 0 Å². The highest BCUT2D eigenvalue weighted by molar-refractivity contribution is 6.21. The molecule has 56 heavy (non-hydrogen) atoms. The van der Waals surface area contributed by atoms with Crippen LogP contribution in [0.3, 0.4) is 0 Å². The van der Waals surface area contributed by atoms with Crippen molar-refractivity contribution in [3.63, 3.8) is 0 Å². The summed E-state index contributed by atoms with van der Waals surface area (Å²) in [5.74, 6) is 0.660. The van der Waals surface area contributed by atoms with Crippen molar-refractivity contribution < 1.29 is 0 Å². The fourth-order valence-corrected chi connectivity index (χ4v) is 7.82. The standard InChI is InChI=1S/C52H34N4/c1-2-13-35(14-3-1)50-44-23-4-6-25-46(44)51(47-26-7-5-24-45(47)50)40-19-10-20-41(31-40)52-55-48(38-17-8-15-36(29-38)42-21-11-27-53-33-42)32-49(56-52)39-18-9-16-37(30-39)43-22-12-28-54-34-43/h1-34H. The maximum Gasteiger partial charge on any atom is 0.160 e. The zero-order valence-electron chi connectivity index (χ0n) is 30.4. The molecule has 7 aromatic carbocycles. The summed E-state index contributed by atoms with van der Waals surface area (Å²) in [6, 6.07) is 64.1. The van der Waals surface area contributed by atoms with Crippen LogP contribution in [0.15, 0.2) is 207 Å². The SMILES string of the molecule is c1ccc(-c2c3ccccc3c(-c3cccc(-c4nc(-c5cccc(-c6cccnc6)c5)cc(-c5cccc(-c6cccnc6)c5)n4)c3)c3ccccc23)cc1. The number of rotatable bonds is 7. The molecule has 3 aromatic heterocycles. The third-order valence-electron chi connectivity index (χ3n) is 10.4. The lowest BCUT2D eigenvalue weighted by Crippen LogP contribution is -1.97. The Bertz CT molecular complexity index is 2860. The molecule has 0 bridgehead atoms. The van der Waals surface area contributed by atoms with Gasteiger partial charge in [-0.3, -0.25) is 9.97 Å². The summed E-state index contributed by atoms with van der Waals surface area (Å²) in [4.78, 5) is 19.3. The molecular weight excluding hydrogens is 681 g/mol. The molecule has 0 amide bonds. The van der Waals surface area contributed by atoms with E-state index in [0.29, 0.717) is 5.82 Å². The van der Waals surface area contributed by atoms with Gasteiger partial charge in [0.25, 0.3) is 0 Å². The lowest BCUT2D eigenvalue weighted by molar-refractivity contribution is 1.18. The van der Waals surface area contributed by atoms with Gasteiger partial charge in [0.2, 0.25) is 0 Å². The van der Waals surface area contributed by atoms with Gasteiger partial charge in [0.05, 0.1) is 11.4 Å². The number of nitrogens with zero attached hydrogens (tertiary/aromatic N) is 4. The second-order valence-electron chi connectivity index (χ2n) is 13.9. The van der Waals surface area contributed by atoms with E-state index >= 15 is 0 Å². The third-order valence-corrected chi connectivity index (χ3v) is 10.4. The first-order valence-corrected chi connectivity index (χ1v) is 18.8. The molecule has 4 heteroatoms. The van der Waals surface area contributed by atoms with Crippen LogP contribution < -0.4 is 0 Å². The van der Waals surface area contributed by atoms with Crippen molar-refractivity contribution in [2.75, 3.05) is 0 Å². The largest absolute Gasteiger partial charge is 0.264 e. The second kappa shape index (κ2) is 14.3. The minimum atomic E-state index is 0.660. The topological polar surface area (TPSA) is 51.6 Å². The predicted octanol–water partition coefficient (Wildman–Crippen LogP) is 13.2. The number of hydrogen-bond acceptors (Lipinski definition) is 4. The molecule has 0 radical (unpaired) electrons. The number of fused-ring (bicyclic) bond motifs is 2. The van der Waals surface area contributed by atoms with Crippen LogP contribution in [0.1, 0.15) is 0 Å². The van der Waals surface area contributed by atoms with E-state index in [1.807, 2.05) is 24.5 Å². The average Bonchev–Trinajstić information content (AvgIpc) is 3.29. The van der Waals surface area contributed by atoms with Crippen LogP contribution >= 0.6 is 0 Å². The molecule has 0 N–H and O–H groups in total. The molecule has 0 atom stereocenters. The molecule has 3 heterocycles. The van der Waals surface area contributed by atoms with E-state index in [2.05, 4.69) is 180 Å². The molecule has 0 unspecified atom stereocenters. The summed E-state index contributed by atoms with van der Waals surface area (Å²) in [6.07, 6.45) is 7.39. The van der Waals surface area contributed by atoms with Crippen molar-refractivity contribution in [3.05, 3.63) is 207 Å². The van der Waals surface area contributed by atoms with Gasteiger partial charge in [-0.15, -0.1) is 0 Å². The normalized spacial score (nSPS) is 11.2. The monoisotopic (exact) mass is 714 g/mol. The Morgan fingerprint density at radius 3 is 1.16 bits per heavy atom. The van der Waals surface area contributed by atoms with Gasteiger partial charge < -0.3 is 0 Å². The molecule has 4 nitrogen and oxygen atoms in total. The fourth-order valence-electron chi connectivity index (χ4n) is 7.82. The van der Waals surface area contributed by atoms with Crippen molar-refractivity contribution in [1.29, 1.82) is 0 Å². The molecule has 10 rings (SSSR count). The molecular formula is C52H34N4. The van der Waals surface area contributed by atoms with E-state index in [9.17, 15) is 0 Å². The van der Waals surface area contributed by atoms with Crippen LogP contribution in [0.2, 0.25) is 0 Å². The summed E-state index contributed by atoms with van der Waals surface area (Å²) in [6.45, 7) is 0. The number of benzene rings is 7. The molecule has 10 aromatic rings. The molecule has 0 aliphatic heterocycles. The summed E-state index contributed by atoms with van der Waals surface area (Å²) in [5.41, 5.74) is 13.7. The quantitative estimate of drug-likeness (QED) is 0.154. The predicted molar refractivity (Wildman–Crippen MR) is 231 cm³/mol. The first-order valence-electron chi connectivity index (χ1n) is 18.8. The van der Waals surface area contributed by atoms with Gasteiger partial charge in [0, 0.05) is 52.6 Å². The Kier molecular flexibility index (Phi) is 8.47. The van der Waals surface area contributed by atoms with Gasteiger partial charge in [-0.2, -0.15) is 0 Å². The molecule has 0 spiro atoms. The Labute approximate surface area is 325 Å². The van der Waals surface area contributed by atoms with Crippen molar-refractivity contribution >= 4 is 21.5 Å². The highest BCUT2D eigenvalue weighted by atomic mass is 14.9. The smallest absolute Gasteiger partial charge is 0.160 e. The fraction of sp³-hybridized carbons (Fsp3) is 0. The zero-order valence-corrected chi connectivity index (χ0v) is 30.4. The van der Waals surface area contributed by atoms with Gasteiger partial charge in [-0.05, 0) is 91.3 Å². The molecule has 0 saturated heterocycles. The Hall–Kier alpha value is -7.56. The van der Waals surface area contributed by atoms with Gasteiger partial charge in [0.1, 0.15) is 0 Å². The van der Waals surface area contributed by atoms with Gasteiger partial charge in [-0.1, -0.05) is 146 Å². The van der Waals surface area contributed by atoms with Crippen LogP contribution in [0.25, 0.3) is 100.0 Å². The van der Waals surface area contributed by atoms with Crippen LogP contribution in [-0.2, 0) is 0 Å². The minimum Gasteiger partial charge on any atom is -0.264 e. The molecule has 0 fully saturated rings. The lowest BCUT2D eigenvalue weighted by Gasteiger charge is -2.18. The Balaban J connectivity index is 1.17. The molecule has 262 valence electrons. The maximum atomic E-state index is 5.29. The highest BCUT2D eigenvalue weighted by Crippen LogP contribution is 2.44. The Morgan fingerprint density at radius 2 is 0.661 bits per heavy atom. The first kappa shape index (κ1) is 33.0. The van der Waals surface area contributed by atoms with E-state index in [1.54, 1.807) is 12.4 Å². The van der Waals surface area contributed by atoms with Gasteiger partial charge in [0.15, 0.2) is 5.82 Å². The van der Waals surface area contributed by atoms with Crippen LogP contribution in [-0.4, -0.2) is 19.9 Å². The van der Waals surface area contributed by atoms with Crippen molar-refractivity contribution in [1.82, 2.24) is 19.9 Å². The van der Waals surface area contributed by atoms with E-state index < -0.39 is 0 Å². The Morgan fingerprint density at radius 1 is 0.268 bits per heavy atom. The van der Waals surface area contributed by atoms with Crippen LogP contribution in [0, 0.1) is 0 Å². The summed E-state index contributed by atoms with van der Waals surface area (Å²) in [7, 11) is 0. The lowest BCUT2D eigenvalue weighted by atomic mass is 9.85. The van der Waals surface area contributed by atoms with E-state index in [1.165, 1.54) is 38.2 Å². The summed E-state index contributed by atoms with van der Waals surface area (Å²) < 4.78 is 0. The van der Waals surface area contributed by atoms with E-state index in [4.69, 9.17) is 9.97 Å². The highest BCUT2D eigenvalue weighted by Gasteiger charge is 2.18. The van der Waals surface area contributed by atoms with Crippen molar-refractivity contribution in [3.8, 4) is 78.4 Å². The molecule has 0 aliphatic carbocycles. The summed E-state index contributed by atoms with van der Waals surface area (Å²) >= 11 is 0. The van der Waals surface area contributed by atoms with Gasteiger partial charge in [-0.25, -0.2) is 9.97 Å². The number of hydrogen-bond donors (Lipinski definition) is 0. The second-order valence-corrected chi connectivity index (χ2v) is 13.9. The molecule has 0 aliphatic rings. The maximum absolute atomic E-state index is 5.29. The average molecular weight is 715 g/mol. The zero-order chi connectivity index (χ0) is 37.3. The molecule has 0 saturated carbocycles. The first-order chi connectivity index (χ1) is 27.8. The van der Waals surface area contributed by atoms with Crippen molar-refractivity contribution in [2.24, 2.45) is 0 Å². The minimum absolute atomic E-state index is 0.660. The van der Waals surface area contributed by atoms with Crippen LogP contribution in [0.5, 0.6) is 0 Å². The number of aromatic nitrogens is 4. The van der Waals surface area contributed by atoms with Crippen LogP contribution in [0.4, 0.5) is 0 Å². The van der Waals surface area contributed by atoms with E-state index in [0.717, 1.165) is 55.9 Å². The summed E-state index contributed by atoms with van der Waals surface area (Å²) in [5, 5.41) is 4.86.